The van der Waals surface area contributed by atoms with E-state index < -0.39 is 10.0 Å². The molecule has 0 saturated carbocycles. The highest BCUT2D eigenvalue weighted by molar-refractivity contribution is 7.89. The van der Waals surface area contributed by atoms with Gasteiger partial charge in [-0.3, -0.25) is 0 Å². The van der Waals surface area contributed by atoms with Gasteiger partial charge in [-0.2, -0.15) is 4.31 Å². The minimum absolute atomic E-state index is 0.0798. The molecule has 0 radical (unpaired) electrons. The van der Waals surface area contributed by atoms with Crippen molar-refractivity contribution in [2.75, 3.05) is 13.2 Å². The fourth-order valence-electron chi connectivity index (χ4n) is 1.80. The number of benzene rings is 1. The van der Waals surface area contributed by atoms with E-state index in [1.165, 1.54) is 4.31 Å². The van der Waals surface area contributed by atoms with Crippen LogP contribution in [-0.2, 0) is 10.0 Å². The van der Waals surface area contributed by atoms with Gasteiger partial charge in [0.25, 0.3) is 0 Å². The van der Waals surface area contributed by atoms with Crippen molar-refractivity contribution < 1.29 is 13.5 Å². The Balaban J connectivity index is 3.09. The molecule has 0 aromatic heterocycles. The van der Waals surface area contributed by atoms with E-state index in [1.54, 1.807) is 24.3 Å². The van der Waals surface area contributed by atoms with Crippen molar-refractivity contribution in [1.82, 2.24) is 4.31 Å². The largest absolute Gasteiger partial charge is 0.384 e. The van der Waals surface area contributed by atoms with E-state index in [9.17, 15) is 8.42 Å². The predicted octanol–water partition coefficient (Wildman–Crippen LogP) is 1.45. The highest BCUT2D eigenvalue weighted by atomic mass is 32.2. The Hall–Kier alpha value is -1.35. The molecule has 0 atom stereocenters. The van der Waals surface area contributed by atoms with Gasteiger partial charge in [-0.1, -0.05) is 18.8 Å². The van der Waals surface area contributed by atoms with E-state index in [4.69, 9.17) is 5.11 Å². The molecule has 0 bridgehead atoms. The zero-order valence-electron chi connectivity index (χ0n) is 11.4. The van der Waals surface area contributed by atoms with E-state index in [-0.39, 0.29) is 17.5 Å². The molecule has 1 rings (SSSR count). The Bertz CT molecular complexity index is 565. The number of aliphatic hydroxyl groups excluding tert-OH is 1. The fraction of sp³-hybridized carbons (Fsp3) is 0.429. The molecule has 0 aliphatic heterocycles. The lowest BCUT2D eigenvalue weighted by atomic mass is 10.2. The maximum Gasteiger partial charge on any atom is 0.243 e. The highest BCUT2D eigenvalue weighted by Crippen LogP contribution is 2.18. The normalized spacial score (nSPS) is 11.5. The Morgan fingerprint density at radius 3 is 2.26 bits per heavy atom. The molecule has 1 aromatic rings. The zero-order chi connectivity index (χ0) is 14.5. The molecule has 0 fully saturated rings. The van der Waals surface area contributed by atoms with E-state index >= 15 is 0 Å². The van der Waals surface area contributed by atoms with Gasteiger partial charge in [-0.15, -0.1) is 0 Å². The first kappa shape index (κ1) is 15.7. The van der Waals surface area contributed by atoms with Crippen LogP contribution in [0.15, 0.2) is 29.2 Å². The molecule has 0 aliphatic rings. The van der Waals surface area contributed by atoms with Crippen LogP contribution in [0.1, 0.15) is 26.3 Å². The SMILES string of the molecule is CCN(C(C)C)S(=O)(=O)c1ccc(C#CCO)cc1. The van der Waals surface area contributed by atoms with E-state index in [1.807, 2.05) is 20.8 Å². The van der Waals surface area contributed by atoms with Gasteiger partial charge in [0, 0.05) is 18.2 Å². The van der Waals surface area contributed by atoms with Crippen LogP contribution >= 0.6 is 0 Å². The lowest BCUT2D eigenvalue weighted by Gasteiger charge is -2.24. The second-order valence-corrected chi connectivity index (χ2v) is 6.18. The van der Waals surface area contributed by atoms with Gasteiger partial charge < -0.3 is 5.11 Å². The van der Waals surface area contributed by atoms with Crippen LogP contribution in [0.4, 0.5) is 0 Å². The Kier molecular flexibility index (Phi) is 5.55. The number of sulfonamides is 1. The minimum atomic E-state index is -3.45. The molecule has 104 valence electrons. The molecule has 0 amide bonds. The summed E-state index contributed by atoms with van der Waals surface area (Å²) in [4.78, 5) is 0.262. The van der Waals surface area contributed by atoms with Crippen LogP contribution in [-0.4, -0.2) is 37.0 Å². The van der Waals surface area contributed by atoms with Gasteiger partial charge in [-0.25, -0.2) is 8.42 Å². The minimum Gasteiger partial charge on any atom is -0.384 e. The molecule has 1 N–H and O–H groups in total. The molecule has 4 nitrogen and oxygen atoms in total. The van der Waals surface area contributed by atoms with Crippen LogP contribution in [0.25, 0.3) is 0 Å². The summed E-state index contributed by atoms with van der Waals surface area (Å²) in [7, 11) is -3.45. The average Bonchev–Trinajstić information content (AvgIpc) is 2.36. The monoisotopic (exact) mass is 281 g/mol. The number of hydrogen-bond donors (Lipinski definition) is 1. The van der Waals surface area contributed by atoms with Gasteiger partial charge in [0.05, 0.1) is 4.90 Å². The lowest BCUT2D eigenvalue weighted by Crippen LogP contribution is -2.36. The second-order valence-electron chi connectivity index (χ2n) is 4.29. The first-order valence-corrected chi connectivity index (χ1v) is 7.59. The number of aliphatic hydroxyl groups is 1. The van der Waals surface area contributed by atoms with E-state index in [0.717, 1.165) is 0 Å². The second kappa shape index (κ2) is 6.71. The molecule has 0 aliphatic carbocycles. The van der Waals surface area contributed by atoms with Crippen LogP contribution in [0.3, 0.4) is 0 Å². The number of nitrogens with zero attached hydrogens (tertiary/aromatic N) is 1. The van der Waals surface area contributed by atoms with Crippen molar-refractivity contribution in [2.45, 2.75) is 31.7 Å². The lowest BCUT2D eigenvalue weighted by molar-refractivity contribution is 0.350. The third-order valence-electron chi connectivity index (χ3n) is 2.66. The van der Waals surface area contributed by atoms with Gasteiger partial charge in [0.15, 0.2) is 0 Å². The van der Waals surface area contributed by atoms with Crippen molar-refractivity contribution in [2.24, 2.45) is 0 Å². The molecule has 19 heavy (non-hydrogen) atoms. The summed E-state index contributed by atoms with van der Waals surface area (Å²) in [6, 6.07) is 6.29. The summed E-state index contributed by atoms with van der Waals surface area (Å²) in [6.07, 6.45) is 0. The first-order valence-electron chi connectivity index (χ1n) is 6.15. The van der Waals surface area contributed by atoms with Gasteiger partial charge in [0.2, 0.25) is 10.0 Å². The Morgan fingerprint density at radius 1 is 1.26 bits per heavy atom. The van der Waals surface area contributed by atoms with Crippen molar-refractivity contribution in [1.29, 1.82) is 0 Å². The summed E-state index contributed by atoms with van der Waals surface area (Å²) < 4.78 is 26.2. The summed E-state index contributed by atoms with van der Waals surface area (Å²) in [6.45, 7) is 5.74. The van der Waals surface area contributed by atoms with E-state index in [0.29, 0.717) is 12.1 Å². The molecule has 0 heterocycles. The molecule has 1 aromatic carbocycles. The molecular weight excluding hydrogens is 262 g/mol. The highest BCUT2D eigenvalue weighted by Gasteiger charge is 2.25. The van der Waals surface area contributed by atoms with Crippen molar-refractivity contribution in [3.05, 3.63) is 29.8 Å². The maximum atomic E-state index is 12.4. The average molecular weight is 281 g/mol. The Morgan fingerprint density at radius 2 is 1.84 bits per heavy atom. The standard InChI is InChI=1S/C14H19NO3S/c1-4-15(12(2)3)19(17,18)14-9-7-13(8-10-14)6-5-11-16/h7-10,12,16H,4,11H2,1-3H3. The number of rotatable bonds is 4. The topological polar surface area (TPSA) is 57.6 Å². The smallest absolute Gasteiger partial charge is 0.243 e. The molecule has 0 unspecified atom stereocenters. The molecule has 0 spiro atoms. The van der Waals surface area contributed by atoms with Crippen molar-refractivity contribution in [3.8, 4) is 11.8 Å². The van der Waals surface area contributed by atoms with Crippen LogP contribution in [0.5, 0.6) is 0 Å². The summed E-state index contributed by atoms with van der Waals surface area (Å²) in [5, 5.41) is 8.60. The van der Waals surface area contributed by atoms with Crippen LogP contribution < -0.4 is 0 Å². The molecule has 0 saturated heterocycles. The van der Waals surface area contributed by atoms with E-state index in [2.05, 4.69) is 11.8 Å². The summed E-state index contributed by atoms with van der Waals surface area (Å²) in [5.74, 6) is 5.25. The van der Waals surface area contributed by atoms with Crippen LogP contribution in [0.2, 0.25) is 0 Å². The third-order valence-corrected chi connectivity index (χ3v) is 4.83. The van der Waals surface area contributed by atoms with Gasteiger partial charge >= 0.3 is 0 Å². The molecule has 5 heteroatoms. The predicted molar refractivity (Wildman–Crippen MR) is 75.1 cm³/mol. The van der Waals surface area contributed by atoms with Crippen molar-refractivity contribution in [3.63, 3.8) is 0 Å². The zero-order valence-corrected chi connectivity index (χ0v) is 12.2. The number of hydrogen-bond acceptors (Lipinski definition) is 3. The summed E-state index contributed by atoms with van der Waals surface area (Å²) >= 11 is 0. The third kappa shape index (κ3) is 3.80. The van der Waals surface area contributed by atoms with Crippen LogP contribution in [0, 0.1) is 11.8 Å². The van der Waals surface area contributed by atoms with Gasteiger partial charge in [0.1, 0.15) is 6.61 Å². The van der Waals surface area contributed by atoms with Crippen molar-refractivity contribution >= 4 is 10.0 Å². The van der Waals surface area contributed by atoms with Gasteiger partial charge in [-0.05, 0) is 38.1 Å². The maximum absolute atomic E-state index is 12.4. The fourth-order valence-corrected chi connectivity index (χ4v) is 3.45. The molecular formula is C14H19NO3S. The quantitative estimate of drug-likeness (QED) is 0.850. The first-order chi connectivity index (χ1) is 8.93. The summed E-state index contributed by atoms with van der Waals surface area (Å²) in [5.41, 5.74) is 0.681. The Labute approximate surface area is 115 Å².